The van der Waals surface area contributed by atoms with E-state index in [-0.39, 0.29) is 5.56 Å². The van der Waals surface area contributed by atoms with Gasteiger partial charge in [-0.25, -0.2) is 4.79 Å². The molecule has 2 rings (SSSR count). The number of carbonyl (C=O) groups is 1. The molecule has 1 aromatic carbocycles. The third-order valence-corrected chi connectivity index (χ3v) is 3.76. The van der Waals surface area contributed by atoms with Crippen LogP contribution in [0.1, 0.15) is 21.6 Å². The average Bonchev–Trinajstić information content (AvgIpc) is 2.78. The Morgan fingerprint density at radius 3 is 2.86 bits per heavy atom. The predicted octanol–water partition coefficient (Wildman–Crippen LogP) is 2.76. The maximum absolute atomic E-state index is 11.1. The van der Waals surface area contributed by atoms with Gasteiger partial charge in [-0.3, -0.25) is 4.68 Å². The molecular weight excluding hydrogens is 313 g/mol. The van der Waals surface area contributed by atoms with Gasteiger partial charge >= 0.3 is 5.97 Å². The zero-order valence-corrected chi connectivity index (χ0v) is 12.9. The number of aromatic carboxylic acids is 1. The van der Waals surface area contributed by atoms with Gasteiger partial charge in [0.05, 0.1) is 11.9 Å². The minimum Gasteiger partial charge on any atom is -0.478 e. The lowest BCUT2D eigenvalue weighted by Gasteiger charge is -2.08. The van der Waals surface area contributed by atoms with Crippen molar-refractivity contribution >= 4 is 29.2 Å². The molecule has 21 heavy (non-hydrogen) atoms. The number of nitrogens with zero attached hydrogens (tertiary/aromatic N) is 2. The lowest BCUT2D eigenvalue weighted by Crippen LogP contribution is -2.20. The molecule has 0 saturated heterocycles. The molecule has 7 heteroatoms. The summed E-state index contributed by atoms with van der Waals surface area (Å²) in [6.07, 6.45) is 2.09. The first-order chi connectivity index (χ1) is 9.99. The van der Waals surface area contributed by atoms with Crippen LogP contribution < -0.4 is 5.32 Å². The third kappa shape index (κ3) is 3.97. The zero-order chi connectivity index (χ0) is 15.4. The van der Waals surface area contributed by atoms with Crippen LogP contribution in [0.4, 0.5) is 0 Å². The lowest BCUT2D eigenvalue weighted by atomic mass is 10.1. The largest absolute Gasteiger partial charge is 0.478 e. The summed E-state index contributed by atoms with van der Waals surface area (Å²) in [6.45, 7) is 1.11. The summed E-state index contributed by atoms with van der Waals surface area (Å²) in [7, 11) is 1.72. The van der Waals surface area contributed by atoms with E-state index in [0.29, 0.717) is 28.8 Å². The predicted molar refractivity (Wildman–Crippen MR) is 82.0 cm³/mol. The Kier molecular flexibility index (Phi) is 5.22. The van der Waals surface area contributed by atoms with Crippen LogP contribution in [-0.4, -0.2) is 27.4 Å². The molecule has 1 aromatic heterocycles. The van der Waals surface area contributed by atoms with E-state index in [1.165, 1.54) is 6.20 Å². The molecule has 112 valence electrons. The van der Waals surface area contributed by atoms with Crippen LogP contribution in [0.3, 0.4) is 0 Å². The van der Waals surface area contributed by atoms with Crippen LogP contribution in [0.2, 0.25) is 10.0 Å². The van der Waals surface area contributed by atoms with E-state index in [9.17, 15) is 4.79 Å². The molecule has 0 spiro atoms. The molecule has 0 fully saturated rings. The van der Waals surface area contributed by atoms with Gasteiger partial charge in [-0.15, -0.1) is 0 Å². The highest BCUT2D eigenvalue weighted by Crippen LogP contribution is 2.21. The second-order valence-electron chi connectivity index (χ2n) is 4.60. The van der Waals surface area contributed by atoms with Crippen LogP contribution in [0.25, 0.3) is 0 Å². The Hall–Kier alpha value is -1.56. The van der Waals surface area contributed by atoms with Crippen molar-refractivity contribution in [3.8, 4) is 0 Å². The molecule has 0 aliphatic rings. The molecule has 2 aromatic rings. The number of aryl methyl sites for hydroxylation is 1. The topological polar surface area (TPSA) is 67.2 Å². The molecular formula is C14H15Cl2N3O2. The van der Waals surface area contributed by atoms with Crippen molar-refractivity contribution in [2.45, 2.75) is 13.0 Å². The second kappa shape index (κ2) is 6.93. The number of halogens is 2. The molecule has 0 saturated carbocycles. The van der Waals surface area contributed by atoms with Gasteiger partial charge in [0.25, 0.3) is 0 Å². The van der Waals surface area contributed by atoms with Crippen molar-refractivity contribution in [2.24, 2.45) is 7.05 Å². The molecule has 2 N–H and O–H groups in total. The van der Waals surface area contributed by atoms with Gasteiger partial charge in [-0.1, -0.05) is 29.3 Å². The van der Waals surface area contributed by atoms with Gasteiger partial charge in [0.15, 0.2) is 0 Å². The molecule has 5 nitrogen and oxygen atoms in total. The van der Waals surface area contributed by atoms with E-state index in [2.05, 4.69) is 10.4 Å². The molecule has 0 bridgehead atoms. The molecule has 0 atom stereocenters. The Morgan fingerprint density at radius 1 is 1.43 bits per heavy atom. The number of aromatic nitrogens is 2. The third-order valence-electron chi connectivity index (χ3n) is 3.17. The monoisotopic (exact) mass is 327 g/mol. The fraction of sp³-hybridized carbons (Fsp3) is 0.286. The van der Waals surface area contributed by atoms with E-state index in [1.54, 1.807) is 23.9 Å². The van der Waals surface area contributed by atoms with Crippen molar-refractivity contribution in [3.63, 3.8) is 0 Å². The Labute approximate surface area is 132 Å². The van der Waals surface area contributed by atoms with Gasteiger partial charge in [-0.05, 0) is 30.7 Å². The van der Waals surface area contributed by atoms with Crippen molar-refractivity contribution in [2.75, 3.05) is 6.54 Å². The highest BCUT2D eigenvalue weighted by Gasteiger charge is 2.14. The number of carboxylic acid groups (broad SMARTS) is 1. The Bertz CT molecular complexity index is 656. The van der Waals surface area contributed by atoms with E-state index in [0.717, 1.165) is 12.0 Å². The van der Waals surface area contributed by atoms with Crippen molar-refractivity contribution in [1.82, 2.24) is 15.1 Å². The minimum absolute atomic E-state index is 0.217. The minimum atomic E-state index is -0.972. The maximum Gasteiger partial charge on any atom is 0.339 e. The van der Waals surface area contributed by atoms with E-state index in [1.807, 2.05) is 6.07 Å². The number of nitrogens with one attached hydrogen (secondary N) is 1. The molecule has 0 aliphatic carbocycles. The van der Waals surface area contributed by atoms with Crippen LogP contribution >= 0.6 is 23.2 Å². The summed E-state index contributed by atoms with van der Waals surface area (Å²) in [6, 6.07) is 5.40. The Morgan fingerprint density at radius 2 is 2.19 bits per heavy atom. The number of rotatable bonds is 6. The van der Waals surface area contributed by atoms with Gasteiger partial charge in [-0.2, -0.15) is 5.10 Å². The number of hydrogen-bond donors (Lipinski definition) is 2. The SMILES string of the molecule is Cn1ncc(C(=O)O)c1CNCCc1ccc(Cl)cc1Cl. The number of carboxylic acids is 1. The summed E-state index contributed by atoms with van der Waals surface area (Å²) in [5.74, 6) is -0.972. The average molecular weight is 328 g/mol. The van der Waals surface area contributed by atoms with E-state index >= 15 is 0 Å². The molecule has 1 heterocycles. The van der Waals surface area contributed by atoms with E-state index < -0.39 is 5.97 Å². The summed E-state index contributed by atoms with van der Waals surface area (Å²) < 4.78 is 1.56. The van der Waals surface area contributed by atoms with Crippen LogP contribution in [0.5, 0.6) is 0 Å². The first kappa shape index (κ1) is 15.8. The lowest BCUT2D eigenvalue weighted by molar-refractivity contribution is 0.0695. The molecule has 0 aliphatic heterocycles. The highest BCUT2D eigenvalue weighted by molar-refractivity contribution is 6.35. The summed E-state index contributed by atoms with van der Waals surface area (Å²) in [5.41, 5.74) is 1.86. The summed E-state index contributed by atoms with van der Waals surface area (Å²) in [5, 5.41) is 17.5. The van der Waals surface area contributed by atoms with Crippen LogP contribution in [0.15, 0.2) is 24.4 Å². The summed E-state index contributed by atoms with van der Waals surface area (Å²) >= 11 is 11.9. The summed E-state index contributed by atoms with van der Waals surface area (Å²) in [4.78, 5) is 11.1. The highest BCUT2D eigenvalue weighted by atomic mass is 35.5. The molecule has 0 radical (unpaired) electrons. The first-order valence-corrected chi connectivity index (χ1v) is 7.13. The fourth-order valence-corrected chi connectivity index (χ4v) is 2.51. The van der Waals surface area contributed by atoms with Gasteiger partial charge in [0, 0.05) is 23.6 Å². The van der Waals surface area contributed by atoms with Crippen LogP contribution in [0, 0.1) is 0 Å². The van der Waals surface area contributed by atoms with Crippen molar-refractivity contribution in [3.05, 3.63) is 51.3 Å². The number of hydrogen-bond acceptors (Lipinski definition) is 3. The molecule has 0 unspecified atom stereocenters. The van der Waals surface area contributed by atoms with Crippen molar-refractivity contribution in [1.29, 1.82) is 0 Å². The van der Waals surface area contributed by atoms with Gasteiger partial charge in [0.1, 0.15) is 5.56 Å². The van der Waals surface area contributed by atoms with Crippen LogP contribution in [-0.2, 0) is 20.0 Å². The smallest absolute Gasteiger partial charge is 0.339 e. The molecule has 0 amide bonds. The second-order valence-corrected chi connectivity index (χ2v) is 5.44. The van der Waals surface area contributed by atoms with Gasteiger partial charge < -0.3 is 10.4 Å². The zero-order valence-electron chi connectivity index (χ0n) is 11.4. The van der Waals surface area contributed by atoms with Crippen molar-refractivity contribution < 1.29 is 9.90 Å². The maximum atomic E-state index is 11.1. The Balaban J connectivity index is 1.90. The number of benzene rings is 1. The quantitative estimate of drug-likeness (QED) is 0.800. The first-order valence-electron chi connectivity index (χ1n) is 6.38. The standard InChI is InChI=1S/C14H15Cl2N3O2/c1-19-13(11(7-18-19)14(20)21)8-17-5-4-9-2-3-10(15)6-12(9)16/h2-3,6-7,17H,4-5,8H2,1H3,(H,20,21). The normalized spacial score (nSPS) is 10.8. The van der Waals surface area contributed by atoms with Gasteiger partial charge in [0.2, 0.25) is 0 Å². The van der Waals surface area contributed by atoms with E-state index in [4.69, 9.17) is 28.3 Å². The fourth-order valence-electron chi connectivity index (χ4n) is 2.01.